The van der Waals surface area contributed by atoms with E-state index >= 15 is 0 Å². The minimum Gasteiger partial charge on any atom is -0.491 e. The second kappa shape index (κ2) is 13.5. The number of aliphatic hydroxyl groups excluding tert-OH is 2. The van der Waals surface area contributed by atoms with Gasteiger partial charge >= 0.3 is 12.1 Å². The molecule has 2 N–H and O–H groups in total. The highest BCUT2D eigenvalue weighted by Gasteiger charge is 2.33. The van der Waals surface area contributed by atoms with Gasteiger partial charge in [0, 0.05) is 12.3 Å². The molecule has 190 valence electrons. The monoisotopic (exact) mass is 486 g/mol. The zero-order valence-electron chi connectivity index (χ0n) is 19.4. The molecule has 1 heterocycles. The fourth-order valence-corrected chi connectivity index (χ4v) is 3.46. The molecular formula is C25H33F3O6. The molecule has 34 heavy (non-hydrogen) atoms. The maximum atomic E-state index is 12.8. The van der Waals surface area contributed by atoms with E-state index in [2.05, 4.69) is 0 Å². The molecule has 1 aliphatic rings. The van der Waals surface area contributed by atoms with E-state index in [0.29, 0.717) is 25.7 Å². The first-order valence-electron chi connectivity index (χ1n) is 11.4. The van der Waals surface area contributed by atoms with Crippen molar-refractivity contribution in [2.24, 2.45) is 5.92 Å². The zero-order valence-corrected chi connectivity index (χ0v) is 19.4. The van der Waals surface area contributed by atoms with E-state index in [9.17, 15) is 28.2 Å². The topological polar surface area (TPSA) is 85.2 Å². The molecule has 0 radical (unpaired) electrons. The summed E-state index contributed by atoms with van der Waals surface area (Å²) in [4.78, 5) is 11.5. The molecule has 0 spiro atoms. The van der Waals surface area contributed by atoms with Crippen molar-refractivity contribution in [3.05, 3.63) is 54.1 Å². The Labute approximate surface area is 198 Å². The molecule has 1 aliphatic heterocycles. The Morgan fingerprint density at radius 3 is 2.76 bits per heavy atom. The second-order valence-corrected chi connectivity index (χ2v) is 8.46. The Morgan fingerprint density at radius 2 is 2.06 bits per heavy atom. The molecule has 1 aromatic carbocycles. The van der Waals surface area contributed by atoms with Gasteiger partial charge in [-0.15, -0.1) is 0 Å². The summed E-state index contributed by atoms with van der Waals surface area (Å²) in [5.74, 6) is -0.408. The number of allylic oxidation sites excluding steroid dienone is 2. The van der Waals surface area contributed by atoms with Gasteiger partial charge in [-0.3, -0.25) is 4.79 Å². The average Bonchev–Trinajstić information content (AvgIpc) is 3.11. The third kappa shape index (κ3) is 9.87. The maximum Gasteiger partial charge on any atom is 0.416 e. The van der Waals surface area contributed by atoms with E-state index in [-0.39, 0.29) is 37.0 Å². The summed E-state index contributed by atoms with van der Waals surface area (Å²) in [6.45, 7) is 3.56. The van der Waals surface area contributed by atoms with Gasteiger partial charge in [0.15, 0.2) is 0 Å². The molecule has 2 rings (SSSR count). The van der Waals surface area contributed by atoms with Crippen LogP contribution >= 0.6 is 0 Å². The minimum absolute atomic E-state index is 0.00953. The lowest BCUT2D eigenvalue weighted by Gasteiger charge is -2.16. The van der Waals surface area contributed by atoms with Crippen molar-refractivity contribution in [3.63, 3.8) is 0 Å². The van der Waals surface area contributed by atoms with Crippen LogP contribution < -0.4 is 4.74 Å². The van der Waals surface area contributed by atoms with E-state index < -0.39 is 30.1 Å². The van der Waals surface area contributed by atoms with Crippen molar-refractivity contribution >= 4 is 5.97 Å². The minimum atomic E-state index is -4.47. The quantitative estimate of drug-likeness (QED) is 0.258. The van der Waals surface area contributed by atoms with Crippen molar-refractivity contribution < 1.29 is 42.4 Å². The Hall–Kier alpha value is -2.36. The third-order valence-electron chi connectivity index (χ3n) is 5.17. The number of unbranched alkanes of at least 4 members (excludes halogenated alkanes) is 1. The molecule has 0 unspecified atom stereocenters. The van der Waals surface area contributed by atoms with Crippen molar-refractivity contribution in [1.82, 2.24) is 0 Å². The van der Waals surface area contributed by atoms with Gasteiger partial charge in [0.1, 0.15) is 18.5 Å². The summed E-state index contributed by atoms with van der Waals surface area (Å²) in [6, 6.07) is 4.45. The first-order chi connectivity index (χ1) is 16.1. The first kappa shape index (κ1) is 27.9. The van der Waals surface area contributed by atoms with Crippen LogP contribution in [0.15, 0.2) is 48.6 Å². The normalized spacial score (nSPS) is 22.1. The molecule has 1 saturated heterocycles. The van der Waals surface area contributed by atoms with Crippen molar-refractivity contribution in [1.29, 1.82) is 0 Å². The van der Waals surface area contributed by atoms with Gasteiger partial charge in [-0.2, -0.15) is 13.2 Å². The molecule has 1 fully saturated rings. The number of esters is 1. The van der Waals surface area contributed by atoms with Gasteiger partial charge in [0.05, 0.1) is 30.5 Å². The van der Waals surface area contributed by atoms with E-state index in [1.807, 2.05) is 12.2 Å². The molecule has 0 aliphatic carbocycles. The maximum absolute atomic E-state index is 12.8. The molecule has 1 aromatic rings. The number of alkyl halides is 3. The summed E-state index contributed by atoms with van der Waals surface area (Å²) in [5.41, 5.74) is -0.824. The lowest BCUT2D eigenvalue weighted by Crippen LogP contribution is -2.23. The molecule has 0 amide bonds. The van der Waals surface area contributed by atoms with E-state index in [1.165, 1.54) is 18.2 Å². The molecule has 4 atom stereocenters. The number of aliphatic hydroxyl groups is 2. The Balaban J connectivity index is 1.77. The largest absolute Gasteiger partial charge is 0.491 e. The number of benzene rings is 1. The first-order valence-corrected chi connectivity index (χ1v) is 11.4. The molecule has 0 saturated carbocycles. The van der Waals surface area contributed by atoms with Crippen LogP contribution in [0, 0.1) is 5.92 Å². The lowest BCUT2D eigenvalue weighted by molar-refractivity contribution is -0.147. The average molecular weight is 487 g/mol. The number of hydrogen-bond acceptors (Lipinski definition) is 6. The van der Waals surface area contributed by atoms with Crippen molar-refractivity contribution in [2.45, 2.75) is 70.1 Å². The highest BCUT2D eigenvalue weighted by molar-refractivity contribution is 5.69. The van der Waals surface area contributed by atoms with Crippen LogP contribution in [0.3, 0.4) is 0 Å². The molecule has 6 nitrogen and oxygen atoms in total. The summed E-state index contributed by atoms with van der Waals surface area (Å²) >= 11 is 0. The number of carbonyl (C=O) groups excluding carboxylic acids is 1. The van der Waals surface area contributed by atoms with Gasteiger partial charge in [0.25, 0.3) is 0 Å². The van der Waals surface area contributed by atoms with Gasteiger partial charge in [0.2, 0.25) is 0 Å². The van der Waals surface area contributed by atoms with Crippen LogP contribution in [0.1, 0.15) is 45.1 Å². The van der Waals surface area contributed by atoms with E-state index in [1.54, 1.807) is 19.9 Å². The van der Waals surface area contributed by atoms with E-state index in [4.69, 9.17) is 14.2 Å². The third-order valence-corrected chi connectivity index (χ3v) is 5.17. The molecule has 9 heteroatoms. The Bertz CT molecular complexity index is 821. The highest BCUT2D eigenvalue weighted by Crippen LogP contribution is 2.31. The Morgan fingerprint density at radius 1 is 1.29 bits per heavy atom. The van der Waals surface area contributed by atoms with Crippen LogP contribution in [0.2, 0.25) is 0 Å². The smallest absolute Gasteiger partial charge is 0.416 e. The fourth-order valence-electron chi connectivity index (χ4n) is 3.46. The van der Waals surface area contributed by atoms with Gasteiger partial charge in [-0.05, 0) is 51.3 Å². The zero-order chi connectivity index (χ0) is 25.1. The predicted molar refractivity (Wildman–Crippen MR) is 120 cm³/mol. The standard InChI is InChI=1S/C25H33F3O6/c1-17(2)34-24(31)11-6-4-3-5-10-21-22(30)16-33-23(21)13-12-19(29)15-32-20-9-7-8-18(14-20)25(26,27)28/h3,5,7-9,12-14,17,19,21-23,29-30H,4,6,10-11,15-16H2,1-2H3/t19-,21+,22+,23-/m1/s1. The highest BCUT2D eigenvalue weighted by atomic mass is 19.4. The Kier molecular flexibility index (Phi) is 11.1. The number of hydrogen-bond donors (Lipinski definition) is 2. The van der Waals surface area contributed by atoms with Crippen LogP contribution in [0.4, 0.5) is 13.2 Å². The number of carbonyl (C=O) groups is 1. The summed E-state index contributed by atoms with van der Waals surface area (Å²) < 4.78 is 54.3. The molecular weight excluding hydrogens is 453 g/mol. The molecule has 0 aromatic heterocycles. The fraction of sp³-hybridized carbons (Fsp3) is 0.560. The van der Waals surface area contributed by atoms with E-state index in [0.717, 1.165) is 12.1 Å². The number of rotatable bonds is 12. The summed E-state index contributed by atoms with van der Waals surface area (Å²) in [6.07, 6.45) is 2.55. The summed E-state index contributed by atoms with van der Waals surface area (Å²) in [7, 11) is 0. The molecule has 0 bridgehead atoms. The van der Waals surface area contributed by atoms with Crippen molar-refractivity contribution in [2.75, 3.05) is 13.2 Å². The van der Waals surface area contributed by atoms with Gasteiger partial charge in [-0.1, -0.05) is 30.4 Å². The SMILES string of the molecule is CC(C)OC(=O)CCCC=CC[C@H]1[C@@H](O)CO[C@@H]1C=C[C@@H](O)COc1cccc(C(F)(F)F)c1. The second-order valence-electron chi connectivity index (χ2n) is 8.46. The van der Waals surface area contributed by atoms with Crippen LogP contribution in [0.25, 0.3) is 0 Å². The number of halogens is 3. The van der Waals surface area contributed by atoms with Crippen molar-refractivity contribution in [3.8, 4) is 5.75 Å². The van der Waals surface area contributed by atoms with Gasteiger partial charge in [-0.25, -0.2) is 0 Å². The van der Waals surface area contributed by atoms with Crippen LogP contribution in [-0.2, 0) is 20.4 Å². The van der Waals surface area contributed by atoms with Gasteiger partial charge < -0.3 is 24.4 Å². The predicted octanol–water partition coefficient (Wildman–Crippen LogP) is 4.45. The van der Waals surface area contributed by atoms with Crippen LogP contribution in [0.5, 0.6) is 5.75 Å². The lowest BCUT2D eigenvalue weighted by atomic mass is 9.94. The summed E-state index contributed by atoms with van der Waals surface area (Å²) in [5, 5.41) is 20.3. The van der Waals surface area contributed by atoms with Crippen LogP contribution in [-0.4, -0.2) is 53.8 Å². The number of ether oxygens (including phenoxy) is 3.